The lowest BCUT2D eigenvalue weighted by Crippen LogP contribution is -2.17. The first-order valence-electron chi connectivity index (χ1n) is 6.88. The number of alkyl halides is 3. The third-order valence-electron chi connectivity index (χ3n) is 3.25. The van der Waals surface area contributed by atoms with Crippen LogP contribution in [-0.2, 0) is 6.18 Å². The lowest BCUT2D eigenvalue weighted by atomic mass is 10.3. The van der Waals surface area contributed by atoms with E-state index in [0.717, 1.165) is 12.1 Å². The van der Waals surface area contributed by atoms with Crippen molar-refractivity contribution in [3.05, 3.63) is 58.8 Å². The smallest absolute Gasteiger partial charge is 0.371 e. The fraction of sp³-hybridized carbons (Fsp3) is 0.333. The highest BCUT2D eigenvalue weighted by atomic mass is 19.4. The molecular weight excluding hydrogens is 295 g/mol. The van der Waals surface area contributed by atoms with Gasteiger partial charge in [0, 0.05) is 43.4 Å². The first-order chi connectivity index (χ1) is 10.5. The van der Waals surface area contributed by atoms with Crippen molar-refractivity contribution in [2.45, 2.75) is 19.0 Å². The van der Waals surface area contributed by atoms with E-state index in [1.165, 1.54) is 31.6 Å². The number of aromatic amines is 1. The molecule has 118 valence electrons. The van der Waals surface area contributed by atoms with Gasteiger partial charge in [0.2, 0.25) is 5.56 Å². The Balaban J connectivity index is 0.000000160. The van der Waals surface area contributed by atoms with Crippen LogP contribution in [-0.4, -0.2) is 23.1 Å². The molecule has 0 spiro atoms. The number of halogens is 3. The van der Waals surface area contributed by atoms with E-state index in [4.69, 9.17) is 0 Å². The van der Waals surface area contributed by atoms with E-state index in [1.807, 2.05) is 17.4 Å². The maximum Gasteiger partial charge on any atom is 0.417 e. The van der Waals surface area contributed by atoms with Crippen molar-refractivity contribution in [3.63, 3.8) is 0 Å². The molecule has 0 radical (unpaired) electrons. The highest BCUT2D eigenvalue weighted by Crippen LogP contribution is 2.27. The maximum atomic E-state index is 11.8. The molecule has 0 bridgehead atoms. The van der Waals surface area contributed by atoms with Crippen LogP contribution >= 0.6 is 0 Å². The van der Waals surface area contributed by atoms with Crippen LogP contribution in [0.15, 0.2) is 47.7 Å². The molecule has 0 saturated carbocycles. The van der Waals surface area contributed by atoms with Crippen molar-refractivity contribution in [2.75, 3.05) is 18.0 Å². The zero-order valence-electron chi connectivity index (χ0n) is 11.8. The van der Waals surface area contributed by atoms with Gasteiger partial charge in [-0.05, 0) is 31.0 Å². The van der Waals surface area contributed by atoms with Crippen molar-refractivity contribution in [1.29, 1.82) is 0 Å². The van der Waals surface area contributed by atoms with Gasteiger partial charge in [0.15, 0.2) is 0 Å². The molecule has 1 saturated heterocycles. The van der Waals surface area contributed by atoms with Crippen LogP contribution in [0.1, 0.15) is 18.4 Å². The summed E-state index contributed by atoms with van der Waals surface area (Å²) in [5.41, 5.74) is -0.0763. The molecule has 0 unspecified atom stereocenters. The summed E-state index contributed by atoms with van der Waals surface area (Å²) in [7, 11) is 0. The Bertz CT molecular complexity index is 614. The van der Waals surface area contributed by atoms with Crippen molar-refractivity contribution in [2.24, 2.45) is 0 Å². The molecule has 0 aliphatic carbocycles. The Hall–Kier alpha value is -2.31. The molecule has 7 heteroatoms. The van der Waals surface area contributed by atoms with Crippen LogP contribution < -0.4 is 10.5 Å². The SMILES string of the molecule is O=c1ccc(C(F)(F)F)c[nH]1.c1cc(N2CCCC2)ccn1. The van der Waals surface area contributed by atoms with Gasteiger partial charge in [0.25, 0.3) is 0 Å². The summed E-state index contributed by atoms with van der Waals surface area (Å²) in [5.74, 6) is 0. The molecule has 1 aliphatic heterocycles. The Morgan fingerprint density at radius 2 is 1.68 bits per heavy atom. The second-order valence-corrected chi connectivity index (χ2v) is 4.84. The Labute approximate surface area is 125 Å². The number of nitrogens with one attached hydrogen (secondary N) is 1. The van der Waals surface area contributed by atoms with E-state index in [-0.39, 0.29) is 0 Å². The van der Waals surface area contributed by atoms with E-state index in [1.54, 1.807) is 0 Å². The minimum absolute atomic E-state index is 0.544. The van der Waals surface area contributed by atoms with Gasteiger partial charge in [0.05, 0.1) is 5.56 Å². The molecule has 0 aromatic carbocycles. The Kier molecular flexibility index (Phi) is 5.19. The van der Waals surface area contributed by atoms with Crippen LogP contribution in [0, 0.1) is 0 Å². The fourth-order valence-electron chi connectivity index (χ4n) is 2.12. The molecule has 3 heterocycles. The molecule has 2 aromatic heterocycles. The molecule has 1 aliphatic rings. The van der Waals surface area contributed by atoms with E-state index in [2.05, 4.69) is 22.0 Å². The number of hydrogen-bond donors (Lipinski definition) is 1. The van der Waals surface area contributed by atoms with Crippen LogP contribution in [0.2, 0.25) is 0 Å². The summed E-state index contributed by atoms with van der Waals surface area (Å²) in [5, 5.41) is 0. The lowest BCUT2D eigenvalue weighted by Gasteiger charge is -2.16. The molecule has 1 N–H and O–H groups in total. The minimum atomic E-state index is -4.38. The van der Waals surface area contributed by atoms with Gasteiger partial charge in [-0.2, -0.15) is 13.2 Å². The summed E-state index contributed by atoms with van der Waals surface area (Å²) < 4.78 is 35.4. The summed E-state index contributed by atoms with van der Waals surface area (Å²) in [6.07, 6.45) is 2.64. The number of aromatic nitrogens is 2. The summed E-state index contributed by atoms with van der Waals surface area (Å²) in [6, 6.07) is 5.72. The quantitative estimate of drug-likeness (QED) is 0.880. The molecule has 4 nitrogen and oxygen atoms in total. The fourth-order valence-corrected chi connectivity index (χ4v) is 2.12. The molecule has 3 rings (SSSR count). The molecule has 0 atom stereocenters. The predicted octanol–water partition coefficient (Wildman–Crippen LogP) is 3.08. The monoisotopic (exact) mass is 311 g/mol. The van der Waals surface area contributed by atoms with Gasteiger partial charge < -0.3 is 9.88 Å². The van der Waals surface area contributed by atoms with Gasteiger partial charge in [-0.25, -0.2) is 0 Å². The van der Waals surface area contributed by atoms with Gasteiger partial charge in [-0.3, -0.25) is 9.78 Å². The van der Waals surface area contributed by atoms with Crippen LogP contribution in [0.4, 0.5) is 18.9 Å². The van der Waals surface area contributed by atoms with Gasteiger partial charge in [-0.15, -0.1) is 0 Å². The zero-order chi connectivity index (χ0) is 16.0. The Morgan fingerprint density at radius 3 is 2.18 bits per heavy atom. The standard InChI is InChI=1S/C9H12N2.C6H4F3NO/c1-2-8-11(7-1)9-3-5-10-6-4-9;7-6(8,9)4-1-2-5(11)10-3-4/h3-6H,1-2,7-8H2;1-3H,(H,10,11). The van der Waals surface area contributed by atoms with E-state index >= 15 is 0 Å². The second-order valence-electron chi connectivity index (χ2n) is 4.84. The summed E-state index contributed by atoms with van der Waals surface area (Å²) in [6.45, 7) is 2.42. The van der Waals surface area contributed by atoms with Crippen molar-refractivity contribution in [1.82, 2.24) is 9.97 Å². The Morgan fingerprint density at radius 1 is 1.05 bits per heavy atom. The number of H-pyrrole nitrogens is 1. The largest absolute Gasteiger partial charge is 0.417 e. The molecule has 0 amide bonds. The van der Waals surface area contributed by atoms with Crippen LogP contribution in [0.25, 0.3) is 0 Å². The average Bonchev–Trinajstić information content (AvgIpc) is 3.03. The second kappa shape index (κ2) is 7.11. The van der Waals surface area contributed by atoms with Crippen molar-refractivity contribution >= 4 is 5.69 Å². The van der Waals surface area contributed by atoms with Crippen LogP contribution in [0.3, 0.4) is 0 Å². The summed E-state index contributed by atoms with van der Waals surface area (Å²) in [4.78, 5) is 18.7. The number of pyridine rings is 2. The topological polar surface area (TPSA) is 49.0 Å². The highest BCUT2D eigenvalue weighted by molar-refractivity contribution is 5.45. The highest BCUT2D eigenvalue weighted by Gasteiger charge is 2.30. The average molecular weight is 311 g/mol. The first kappa shape index (κ1) is 16.1. The van der Waals surface area contributed by atoms with Crippen molar-refractivity contribution in [3.8, 4) is 0 Å². The number of anilines is 1. The third-order valence-corrected chi connectivity index (χ3v) is 3.25. The lowest BCUT2D eigenvalue weighted by molar-refractivity contribution is -0.137. The van der Waals surface area contributed by atoms with E-state index in [0.29, 0.717) is 6.20 Å². The van der Waals surface area contributed by atoms with Gasteiger partial charge in [0.1, 0.15) is 0 Å². The van der Waals surface area contributed by atoms with E-state index in [9.17, 15) is 18.0 Å². The summed E-state index contributed by atoms with van der Waals surface area (Å²) >= 11 is 0. The van der Waals surface area contributed by atoms with Gasteiger partial charge >= 0.3 is 6.18 Å². The van der Waals surface area contributed by atoms with Crippen LogP contribution in [0.5, 0.6) is 0 Å². The maximum absolute atomic E-state index is 11.8. The predicted molar refractivity (Wildman–Crippen MR) is 77.7 cm³/mol. The first-order valence-corrected chi connectivity index (χ1v) is 6.88. The zero-order valence-corrected chi connectivity index (χ0v) is 11.8. The molecule has 22 heavy (non-hydrogen) atoms. The molecule has 1 fully saturated rings. The minimum Gasteiger partial charge on any atom is -0.371 e. The molecule has 2 aromatic rings. The normalized spacial score (nSPS) is 14.4. The molecular formula is C15H16F3N3O. The van der Waals surface area contributed by atoms with E-state index < -0.39 is 17.3 Å². The van der Waals surface area contributed by atoms with Crippen molar-refractivity contribution < 1.29 is 13.2 Å². The number of hydrogen-bond acceptors (Lipinski definition) is 3. The number of rotatable bonds is 1. The van der Waals surface area contributed by atoms with Gasteiger partial charge in [-0.1, -0.05) is 0 Å². The third kappa shape index (κ3) is 4.61. The number of nitrogens with zero attached hydrogens (tertiary/aromatic N) is 2.